The van der Waals surface area contributed by atoms with Gasteiger partial charge in [-0.05, 0) is 56.8 Å². The molecule has 1 aliphatic carbocycles. The molecule has 3 nitrogen and oxygen atoms in total. The Hall–Kier alpha value is -0.120. The smallest absolute Gasteiger partial charge is 0.0575 e. The first-order valence-electron chi connectivity index (χ1n) is 8.41. The van der Waals surface area contributed by atoms with E-state index in [0.29, 0.717) is 12.1 Å². The van der Waals surface area contributed by atoms with Crippen molar-refractivity contribution in [2.24, 2.45) is 17.7 Å². The molecule has 2 aliphatic rings. The van der Waals surface area contributed by atoms with Gasteiger partial charge in [-0.15, -0.1) is 0 Å². The van der Waals surface area contributed by atoms with Crippen molar-refractivity contribution >= 4 is 0 Å². The van der Waals surface area contributed by atoms with Crippen LogP contribution in [0.5, 0.6) is 0 Å². The molecule has 2 rings (SSSR count). The Morgan fingerprint density at radius 2 is 1.95 bits per heavy atom. The number of nitrogens with two attached hydrogens (primary N) is 1. The minimum Gasteiger partial charge on any atom is -0.378 e. The standard InChI is InChI=1S/C16H32N2O/c1-2-13-6-8-14(9-7-13)16(18-17)11-10-15-5-3-4-12-19-15/h13-16,18H,2-12,17H2,1H3. The van der Waals surface area contributed by atoms with Crippen molar-refractivity contribution in [3.8, 4) is 0 Å². The molecule has 2 unspecified atom stereocenters. The summed E-state index contributed by atoms with van der Waals surface area (Å²) in [6.07, 6.45) is 13.6. The van der Waals surface area contributed by atoms with Gasteiger partial charge < -0.3 is 4.74 Å². The van der Waals surface area contributed by atoms with Gasteiger partial charge in [-0.1, -0.05) is 26.2 Å². The lowest BCUT2D eigenvalue weighted by molar-refractivity contribution is 0.00682. The fraction of sp³-hybridized carbons (Fsp3) is 1.00. The van der Waals surface area contributed by atoms with Crippen LogP contribution in [0.15, 0.2) is 0 Å². The number of nitrogens with one attached hydrogen (secondary N) is 1. The lowest BCUT2D eigenvalue weighted by Gasteiger charge is -2.34. The summed E-state index contributed by atoms with van der Waals surface area (Å²) < 4.78 is 5.83. The van der Waals surface area contributed by atoms with Gasteiger partial charge in [0.05, 0.1) is 6.10 Å². The van der Waals surface area contributed by atoms with Crippen LogP contribution in [0.1, 0.15) is 71.1 Å². The van der Waals surface area contributed by atoms with E-state index in [9.17, 15) is 0 Å². The van der Waals surface area contributed by atoms with Gasteiger partial charge in [-0.3, -0.25) is 11.3 Å². The van der Waals surface area contributed by atoms with Gasteiger partial charge in [-0.2, -0.15) is 0 Å². The summed E-state index contributed by atoms with van der Waals surface area (Å²) >= 11 is 0. The molecule has 0 amide bonds. The molecule has 1 saturated carbocycles. The van der Waals surface area contributed by atoms with Crippen LogP contribution < -0.4 is 11.3 Å². The molecule has 0 radical (unpaired) electrons. The van der Waals surface area contributed by atoms with E-state index in [2.05, 4.69) is 12.3 Å². The van der Waals surface area contributed by atoms with Gasteiger partial charge in [0.1, 0.15) is 0 Å². The normalized spacial score (nSPS) is 34.1. The molecule has 0 aromatic rings. The van der Waals surface area contributed by atoms with Crippen LogP contribution in [0, 0.1) is 11.8 Å². The summed E-state index contributed by atoms with van der Waals surface area (Å²) in [6, 6.07) is 0.503. The molecule has 0 spiro atoms. The highest BCUT2D eigenvalue weighted by Crippen LogP contribution is 2.33. The van der Waals surface area contributed by atoms with E-state index in [-0.39, 0.29) is 0 Å². The van der Waals surface area contributed by atoms with E-state index in [1.54, 1.807) is 0 Å². The molecule has 1 aliphatic heterocycles. The third kappa shape index (κ3) is 4.73. The third-order valence-electron chi connectivity index (χ3n) is 5.33. The Morgan fingerprint density at radius 1 is 1.16 bits per heavy atom. The van der Waals surface area contributed by atoms with E-state index in [1.807, 2.05) is 0 Å². The average Bonchev–Trinajstić information content (AvgIpc) is 2.49. The maximum absolute atomic E-state index is 5.83. The topological polar surface area (TPSA) is 47.3 Å². The van der Waals surface area contributed by atoms with Crippen molar-refractivity contribution in [3.63, 3.8) is 0 Å². The number of hydrogen-bond acceptors (Lipinski definition) is 3. The summed E-state index contributed by atoms with van der Waals surface area (Å²) in [4.78, 5) is 0. The van der Waals surface area contributed by atoms with Crippen molar-refractivity contribution < 1.29 is 4.74 Å². The largest absolute Gasteiger partial charge is 0.378 e. The molecule has 2 fully saturated rings. The van der Waals surface area contributed by atoms with Crippen LogP contribution >= 0.6 is 0 Å². The average molecular weight is 268 g/mol. The van der Waals surface area contributed by atoms with Crippen LogP contribution in [0.3, 0.4) is 0 Å². The maximum Gasteiger partial charge on any atom is 0.0575 e. The highest BCUT2D eigenvalue weighted by atomic mass is 16.5. The number of rotatable bonds is 6. The molecule has 1 saturated heterocycles. The maximum atomic E-state index is 5.83. The molecule has 1 heterocycles. The summed E-state index contributed by atoms with van der Waals surface area (Å²) in [5.41, 5.74) is 3.09. The zero-order chi connectivity index (χ0) is 13.5. The second-order valence-electron chi connectivity index (χ2n) is 6.53. The second kappa shape index (κ2) is 8.23. The first-order valence-corrected chi connectivity index (χ1v) is 8.41. The summed E-state index contributed by atoms with van der Waals surface area (Å²) in [6.45, 7) is 3.29. The molecule has 0 aromatic heterocycles. The van der Waals surface area contributed by atoms with Crippen LogP contribution in [0.4, 0.5) is 0 Å². The van der Waals surface area contributed by atoms with Crippen LogP contribution in [0.25, 0.3) is 0 Å². The van der Waals surface area contributed by atoms with E-state index in [4.69, 9.17) is 10.6 Å². The van der Waals surface area contributed by atoms with Gasteiger partial charge in [0.25, 0.3) is 0 Å². The minimum absolute atomic E-state index is 0.497. The first-order chi connectivity index (χ1) is 9.33. The van der Waals surface area contributed by atoms with E-state index in [1.165, 1.54) is 64.2 Å². The SMILES string of the molecule is CCC1CCC(C(CCC2CCCCO2)NN)CC1. The molecule has 2 atom stereocenters. The minimum atomic E-state index is 0.497. The monoisotopic (exact) mass is 268 g/mol. The van der Waals surface area contributed by atoms with Crippen LogP contribution in [0.2, 0.25) is 0 Å². The molecule has 0 aromatic carbocycles. The number of hydrogen-bond donors (Lipinski definition) is 2. The predicted molar refractivity (Wildman–Crippen MR) is 79.7 cm³/mol. The Bertz CT molecular complexity index is 233. The third-order valence-corrected chi connectivity index (χ3v) is 5.33. The molecule has 19 heavy (non-hydrogen) atoms. The summed E-state index contributed by atoms with van der Waals surface area (Å²) in [5, 5.41) is 0. The Balaban J connectivity index is 1.70. The quantitative estimate of drug-likeness (QED) is 0.573. The van der Waals surface area contributed by atoms with Crippen molar-refractivity contribution in [1.82, 2.24) is 5.43 Å². The molecule has 3 N–H and O–H groups in total. The molecule has 112 valence electrons. The Kier molecular flexibility index (Phi) is 6.62. The van der Waals surface area contributed by atoms with Crippen LogP contribution in [-0.4, -0.2) is 18.8 Å². The van der Waals surface area contributed by atoms with E-state index < -0.39 is 0 Å². The van der Waals surface area contributed by atoms with Gasteiger partial charge in [0.15, 0.2) is 0 Å². The predicted octanol–water partition coefficient (Wildman–Crippen LogP) is 3.38. The molecular formula is C16H32N2O. The zero-order valence-corrected chi connectivity index (χ0v) is 12.6. The van der Waals surface area contributed by atoms with Crippen molar-refractivity contribution in [2.45, 2.75) is 83.3 Å². The van der Waals surface area contributed by atoms with Gasteiger partial charge in [0, 0.05) is 12.6 Å². The van der Waals surface area contributed by atoms with Crippen molar-refractivity contribution in [2.75, 3.05) is 6.61 Å². The molecule has 0 bridgehead atoms. The first kappa shape index (κ1) is 15.3. The molecule has 3 heteroatoms. The zero-order valence-electron chi connectivity index (χ0n) is 12.6. The number of ether oxygens (including phenoxy) is 1. The fourth-order valence-electron chi connectivity index (χ4n) is 3.85. The van der Waals surface area contributed by atoms with Crippen LogP contribution in [-0.2, 0) is 4.74 Å². The highest BCUT2D eigenvalue weighted by molar-refractivity contribution is 4.81. The summed E-state index contributed by atoms with van der Waals surface area (Å²) in [5.74, 6) is 7.55. The van der Waals surface area contributed by atoms with Gasteiger partial charge in [-0.25, -0.2) is 0 Å². The lowest BCUT2D eigenvalue weighted by atomic mass is 9.76. The van der Waals surface area contributed by atoms with Gasteiger partial charge >= 0.3 is 0 Å². The van der Waals surface area contributed by atoms with Crippen molar-refractivity contribution in [1.29, 1.82) is 0 Å². The Labute approximate surface area is 118 Å². The second-order valence-corrected chi connectivity index (χ2v) is 6.53. The van der Waals surface area contributed by atoms with E-state index in [0.717, 1.165) is 18.4 Å². The fourth-order valence-corrected chi connectivity index (χ4v) is 3.85. The number of hydrazine groups is 1. The lowest BCUT2D eigenvalue weighted by Crippen LogP contribution is -2.42. The van der Waals surface area contributed by atoms with Crippen molar-refractivity contribution in [3.05, 3.63) is 0 Å². The van der Waals surface area contributed by atoms with Gasteiger partial charge in [0.2, 0.25) is 0 Å². The highest BCUT2D eigenvalue weighted by Gasteiger charge is 2.27. The Morgan fingerprint density at radius 3 is 2.53 bits per heavy atom. The summed E-state index contributed by atoms with van der Waals surface area (Å²) in [7, 11) is 0. The van der Waals surface area contributed by atoms with E-state index >= 15 is 0 Å². The molecular weight excluding hydrogens is 236 g/mol.